The molecule has 0 fully saturated rings. The van der Waals surface area contributed by atoms with Gasteiger partial charge in [-0.3, -0.25) is 4.68 Å². The maximum Gasteiger partial charge on any atom is 0.132 e. The van der Waals surface area contributed by atoms with E-state index in [1.807, 2.05) is 31.0 Å². The molecule has 2 aromatic rings. The van der Waals surface area contributed by atoms with Crippen LogP contribution in [0.2, 0.25) is 0 Å². The van der Waals surface area contributed by atoms with E-state index in [9.17, 15) is 0 Å². The molecule has 1 N–H and O–H groups in total. The molecule has 0 aromatic carbocycles. The lowest BCUT2D eigenvalue weighted by Gasteiger charge is -2.18. The summed E-state index contributed by atoms with van der Waals surface area (Å²) in [5.74, 6) is 1.04. The summed E-state index contributed by atoms with van der Waals surface area (Å²) in [4.78, 5) is 4.48. The van der Waals surface area contributed by atoms with Gasteiger partial charge in [0.25, 0.3) is 0 Å². The number of hydrogen-bond acceptors (Lipinski definition) is 3. The SMILES string of the molecule is CCn1ccnc1C(NC)c1cc(C)nn1CC. The second-order valence-electron chi connectivity index (χ2n) is 4.32. The first-order valence-electron chi connectivity index (χ1n) is 6.43. The van der Waals surface area contributed by atoms with Crippen LogP contribution in [0.5, 0.6) is 0 Å². The second kappa shape index (κ2) is 5.35. The predicted molar refractivity (Wildman–Crippen MR) is 71.4 cm³/mol. The van der Waals surface area contributed by atoms with Crippen LogP contribution in [0.15, 0.2) is 18.5 Å². The van der Waals surface area contributed by atoms with Gasteiger partial charge >= 0.3 is 0 Å². The maximum absolute atomic E-state index is 4.50. The molecule has 5 nitrogen and oxygen atoms in total. The minimum absolute atomic E-state index is 0.0844. The minimum Gasteiger partial charge on any atom is -0.334 e. The van der Waals surface area contributed by atoms with Crippen LogP contribution in [0.25, 0.3) is 0 Å². The number of aromatic nitrogens is 4. The molecular weight excluding hydrogens is 226 g/mol. The quantitative estimate of drug-likeness (QED) is 0.875. The molecule has 0 saturated carbocycles. The largest absolute Gasteiger partial charge is 0.334 e. The molecule has 0 bridgehead atoms. The Balaban J connectivity index is 2.44. The summed E-state index contributed by atoms with van der Waals surface area (Å²) in [5, 5.41) is 7.84. The lowest BCUT2D eigenvalue weighted by atomic mass is 10.2. The Kier molecular flexibility index (Phi) is 3.81. The van der Waals surface area contributed by atoms with Crippen molar-refractivity contribution in [1.29, 1.82) is 0 Å². The number of hydrogen-bond donors (Lipinski definition) is 1. The van der Waals surface area contributed by atoms with E-state index in [1.54, 1.807) is 0 Å². The van der Waals surface area contributed by atoms with Gasteiger partial charge in [0.15, 0.2) is 0 Å². The Morgan fingerprint density at radius 1 is 1.33 bits per heavy atom. The van der Waals surface area contributed by atoms with Gasteiger partial charge in [-0.25, -0.2) is 4.98 Å². The highest BCUT2D eigenvalue weighted by atomic mass is 15.3. The molecule has 0 aliphatic rings. The lowest BCUT2D eigenvalue weighted by Crippen LogP contribution is -2.24. The summed E-state index contributed by atoms with van der Waals surface area (Å²) >= 11 is 0. The molecule has 0 spiro atoms. The highest BCUT2D eigenvalue weighted by molar-refractivity contribution is 5.21. The van der Waals surface area contributed by atoms with Crippen LogP contribution >= 0.6 is 0 Å². The summed E-state index contributed by atoms with van der Waals surface area (Å²) in [6.07, 6.45) is 3.86. The van der Waals surface area contributed by atoms with E-state index in [1.165, 1.54) is 5.69 Å². The molecule has 0 radical (unpaired) electrons. The van der Waals surface area contributed by atoms with Gasteiger partial charge in [-0.15, -0.1) is 0 Å². The van der Waals surface area contributed by atoms with E-state index >= 15 is 0 Å². The van der Waals surface area contributed by atoms with Crippen LogP contribution in [0.1, 0.15) is 37.1 Å². The van der Waals surface area contributed by atoms with Gasteiger partial charge in [-0.2, -0.15) is 5.10 Å². The van der Waals surface area contributed by atoms with E-state index in [0.717, 1.165) is 24.6 Å². The maximum atomic E-state index is 4.50. The van der Waals surface area contributed by atoms with E-state index in [0.29, 0.717) is 0 Å². The summed E-state index contributed by atoms with van der Waals surface area (Å²) in [6, 6.07) is 2.21. The number of nitrogens with zero attached hydrogens (tertiary/aromatic N) is 4. The van der Waals surface area contributed by atoms with Gasteiger partial charge in [-0.05, 0) is 33.9 Å². The van der Waals surface area contributed by atoms with Crippen molar-refractivity contribution in [2.24, 2.45) is 0 Å². The first-order chi connectivity index (χ1) is 8.71. The zero-order valence-corrected chi connectivity index (χ0v) is 11.5. The third-order valence-electron chi connectivity index (χ3n) is 3.16. The van der Waals surface area contributed by atoms with E-state index in [-0.39, 0.29) is 6.04 Å². The molecule has 0 aliphatic heterocycles. The third-order valence-corrected chi connectivity index (χ3v) is 3.16. The van der Waals surface area contributed by atoms with Gasteiger partial charge in [0.2, 0.25) is 0 Å². The van der Waals surface area contributed by atoms with Crippen LogP contribution in [0.3, 0.4) is 0 Å². The fourth-order valence-corrected chi connectivity index (χ4v) is 2.31. The fourth-order valence-electron chi connectivity index (χ4n) is 2.31. The molecule has 98 valence electrons. The summed E-state index contributed by atoms with van der Waals surface area (Å²) < 4.78 is 4.19. The number of nitrogens with one attached hydrogen (secondary N) is 1. The van der Waals surface area contributed by atoms with Gasteiger partial charge in [0, 0.05) is 25.5 Å². The van der Waals surface area contributed by atoms with Gasteiger partial charge in [0.1, 0.15) is 11.9 Å². The average molecular weight is 247 g/mol. The van der Waals surface area contributed by atoms with Crippen molar-refractivity contribution in [1.82, 2.24) is 24.6 Å². The van der Waals surface area contributed by atoms with Crippen molar-refractivity contribution in [3.05, 3.63) is 35.7 Å². The van der Waals surface area contributed by atoms with Crippen LogP contribution in [0.4, 0.5) is 0 Å². The molecule has 1 atom stereocenters. The average Bonchev–Trinajstić information content (AvgIpc) is 2.97. The first-order valence-corrected chi connectivity index (χ1v) is 6.43. The Morgan fingerprint density at radius 2 is 2.11 bits per heavy atom. The van der Waals surface area contributed by atoms with Gasteiger partial charge < -0.3 is 9.88 Å². The Hall–Kier alpha value is -1.62. The molecule has 2 aromatic heterocycles. The monoisotopic (exact) mass is 247 g/mol. The zero-order valence-electron chi connectivity index (χ0n) is 11.5. The third kappa shape index (κ3) is 2.18. The molecule has 0 amide bonds. The van der Waals surface area contributed by atoms with Crippen molar-refractivity contribution in [3.63, 3.8) is 0 Å². The molecule has 5 heteroatoms. The molecule has 1 unspecified atom stereocenters. The Bertz CT molecular complexity index is 511. The number of aryl methyl sites for hydroxylation is 3. The van der Waals surface area contributed by atoms with E-state index < -0.39 is 0 Å². The molecule has 0 saturated heterocycles. The van der Waals surface area contributed by atoms with Gasteiger partial charge in [0.05, 0.1) is 11.4 Å². The van der Waals surface area contributed by atoms with Crippen molar-refractivity contribution in [2.75, 3.05) is 7.05 Å². The van der Waals surface area contributed by atoms with Crippen molar-refractivity contribution in [3.8, 4) is 0 Å². The van der Waals surface area contributed by atoms with Crippen LogP contribution < -0.4 is 5.32 Å². The Labute approximate surface area is 108 Å². The van der Waals surface area contributed by atoms with Crippen molar-refractivity contribution in [2.45, 2.75) is 39.9 Å². The van der Waals surface area contributed by atoms with Crippen LogP contribution in [0, 0.1) is 6.92 Å². The number of rotatable bonds is 5. The van der Waals surface area contributed by atoms with Gasteiger partial charge in [-0.1, -0.05) is 0 Å². The molecule has 2 rings (SSSR count). The standard InChI is InChI=1S/C13H21N5/c1-5-17-8-7-15-13(17)12(14-4)11-9-10(3)16-18(11)6-2/h7-9,12,14H,5-6H2,1-4H3. The van der Waals surface area contributed by atoms with Crippen molar-refractivity contribution < 1.29 is 0 Å². The normalized spacial score (nSPS) is 12.9. The fraction of sp³-hybridized carbons (Fsp3) is 0.538. The smallest absolute Gasteiger partial charge is 0.132 e. The minimum atomic E-state index is 0.0844. The highest BCUT2D eigenvalue weighted by Gasteiger charge is 2.21. The topological polar surface area (TPSA) is 47.7 Å². The molecule has 18 heavy (non-hydrogen) atoms. The van der Waals surface area contributed by atoms with E-state index in [4.69, 9.17) is 0 Å². The van der Waals surface area contributed by atoms with Crippen LogP contribution in [-0.4, -0.2) is 26.4 Å². The summed E-state index contributed by atoms with van der Waals surface area (Å²) in [6.45, 7) is 8.05. The summed E-state index contributed by atoms with van der Waals surface area (Å²) in [5.41, 5.74) is 2.21. The number of imidazole rings is 1. The summed E-state index contributed by atoms with van der Waals surface area (Å²) in [7, 11) is 1.96. The highest BCUT2D eigenvalue weighted by Crippen LogP contribution is 2.21. The lowest BCUT2D eigenvalue weighted by molar-refractivity contribution is 0.525. The zero-order chi connectivity index (χ0) is 13.1. The predicted octanol–water partition coefficient (Wildman–Crippen LogP) is 1.74. The Morgan fingerprint density at radius 3 is 2.72 bits per heavy atom. The first kappa shape index (κ1) is 12.8. The van der Waals surface area contributed by atoms with Crippen LogP contribution in [-0.2, 0) is 13.1 Å². The van der Waals surface area contributed by atoms with Crippen molar-refractivity contribution >= 4 is 0 Å². The molecule has 0 aliphatic carbocycles. The van der Waals surface area contributed by atoms with E-state index in [2.05, 4.69) is 39.9 Å². The molecular formula is C13H21N5. The second-order valence-corrected chi connectivity index (χ2v) is 4.32. The molecule has 2 heterocycles.